The highest BCUT2D eigenvalue weighted by Crippen LogP contribution is 2.23. The van der Waals surface area contributed by atoms with Crippen molar-refractivity contribution >= 4 is 15.9 Å². The van der Waals surface area contributed by atoms with E-state index in [1.54, 1.807) is 0 Å². The summed E-state index contributed by atoms with van der Waals surface area (Å²) in [6.45, 7) is 0. The van der Waals surface area contributed by atoms with E-state index in [2.05, 4.69) is 25.9 Å². The van der Waals surface area contributed by atoms with Crippen LogP contribution in [-0.4, -0.2) is 9.97 Å². The number of hydrogen-bond donors (Lipinski definition) is 1. The summed E-state index contributed by atoms with van der Waals surface area (Å²) in [6.07, 6.45) is 1.50. The van der Waals surface area contributed by atoms with Crippen molar-refractivity contribution in [3.8, 4) is 11.3 Å². The van der Waals surface area contributed by atoms with E-state index in [1.165, 1.54) is 6.20 Å². The zero-order chi connectivity index (χ0) is 9.97. The normalized spacial score (nSPS) is 10.1. The molecule has 0 saturated heterocycles. The second kappa shape index (κ2) is 3.75. The van der Waals surface area contributed by atoms with Gasteiger partial charge in [0.2, 0.25) is 0 Å². The lowest BCUT2D eigenvalue weighted by atomic mass is 10.1. The lowest BCUT2D eigenvalue weighted by Gasteiger charge is -2.02. The van der Waals surface area contributed by atoms with Crippen LogP contribution in [-0.2, 0) is 0 Å². The summed E-state index contributed by atoms with van der Waals surface area (Å²) in [5, 5.41) is 0. The number of hydrogen-bond acceptors (Lipinski definition) is 2. The minimum Gasteiger partial charge on any atom is -0.304 e. The molecule has 1 heterocycles. The van der Waals surface area contributed by atoms with Gasteiger partial charge in [-0.15, -0.1) is 0 Å². The zero-order valence-corrected chi connectivity index (χ0v) is 8.78. The number of aromatic nitrogens is 2. The van der Waals surface area contributed by atoms with Crippen molar-refractivity contribution in [2.24, 2.45) is 0 Å². The molecule has 0 aliphatic carbocycles. The molecule has 0 saturated carbocycles. The Morgan fingerprint density at radius 1 is 1.21 bits per heavy atom. The minimum atomic E-state index is -0.341. The second-order valence-electron chi connectivity index (χ2n) is 2.78. The highest BCUT2D eigenvalue weighted by molar-refractivity contribution is 9.10. The molecule has 4 heteroatoms. The molecule has 0 fully saturated rings. The fourth-order valence-corrected chi connectivity index (χ4v) is 1.62. The number of nitrogens with one attached hydrogen (secondary N) is 1. The molecule has 0 bridgehead atoms. The Morgan fingerprint density at radius 2 is 1.93 bits per heavy atom. The first-order valence-corrected chi connectivity index (χ1v) is 4.87. The molecule has 0 spiro atoms. The summed E-state index contributed by atoms with van der Waals surface area (Å²) >= 11 is 3.33. The topological polar surface area (TPSA) is 45.8 Å². The van der Waals surface area contributed by atoms with E-state index >= 15 is 0 Å². The molecule has 70 valence electrons. The Morgan fingerprint density at radius 3 is 2.64 bits per heavy atom. The Kier molecular flexibility index (Phi) is 2.45. The van der Waals surface area contributed by atoms with Gasteiger partial charge in [-0.1, -0.05) is 30.3 Å². The SMILES string of the molecule is O=c1ncc(Br)c(-c2ccccc2)[nH]1. The summed E-state index contributed by atoms with van der Waals surface area (Å²) in [5.41, 5.74) is 1.37. The van der Waals surface area contributed by atoms with E-state index in [4.69, 9.17) is 0 Å². The first kappa shape index (κ1) is 9.15. The Hall–Kier alpha value is -1.42. The van der Waals surface area contributed by atoms with Crippen molar-refractivity contribution in [2.75, 3.05) is 0 Å². The molecule has 0 radical (unpaired) electrons. The van der Waals surface area contributed by atoms with Crippen LogP contribution in [0.15, 0.2) is 45.8 Å². The highest BCUT2D eigenvalue weighted by atomic mass is 79.9. The van der Waals surface area contributed by atoms with E-state index in [9.17, 15) is 4.79 Å². The van der Waals surface area contributed by atoms with Gasteiger partial charge in [-0.3, -0.25) is 0 Å². The standard InChI is InChI=1S/C10H7BrN2O/c11-8-6-12-10(14)13-9(8)7-4-2-1-3-5-7/h1-6H,(H,12,13,14). The molecule has 1 aromatic heterocycles. The van der Waals surface area contributed by atoms with Crippen LogP contribution in [0, 0.1) is 0 Å². The fourth-order valence-electron chi connectivity index (χ4n) is 1.19. The van der Waals surface area contributed by atoms with Crippen LogP contribution in [0.4, 0.5) is 0 Å². The first-order chi connectivity index (χ1) is 6.77. The summed E-state index contributed by atoms with van der Waals surface area (Å²) < 4.78 is 0.781. The molecule has 2 aromatic rings. The molecule has 0 atom stereocenters. The molecule has 0 unspecified atom stereocenters. The maximum atomic E-state index is 11.0. The van der Waals surface area contributed by atoms with Gasteiger partial charge in [-0.05, 0) is 21.5 Å². The smallest absolute Gasteiger partial charge is 0.304 e. The van der Waals surface area contributed by atoms with Crippen LogP contribution in [0.3, 0.4) is 0 Å². The molecule has 0 amide bonds. The molecular weight excluding hydrogens is 244 g/mol. The number of aromatic amines is 1. The Labute approximate surface area is 89.0 Å². The van der Waals surface area contributed by atoms with Crippen LogP contribution in [0.5, 0.6) is 0 Å². The number of H-pyrrole nitrogens is 1. The fraction of sp³-hybridized carbons (Fsp3) is 0. The molecule has 1 aromatic carbocycles. The van der Waals surface area contributed by atoms with Crippen LogP contribution in [0.1, 0.15) is 0 Å². The molecule has 3 nitrogen and oxygen atoms in total. The van der Waals surface area contributed by atoms with Crippen molar-refractivity contribution < 1.29 is 0 Å². The van der Waals surface area contributed by atoms with Gasteiger partial charge in [0.1, 0.15) is 0 Å². The van der Waals surface area contributed by atoms with Gasteiger partial charge in [-0.25, -0.2) is 9.78 Å². The molecular formula is C10H7BrN2O. The van der Waals surface area contributed by atoms with Crippen molar-refractivity contribution in [1.29, 1.82) is 0 Å². The lowest BCUT2D eigenvalue weighted by molar-refractivity contribution is 1.07. The quantitative estimate of drug-likeness (QED) is 0.844. The van der Waals surface area contributed by atoms with Crippen LogP contribution < -0.4 is 5.69 Å². The van der Waals surface area contributed by atoms with Gasteiger partial charge < -0.3 is 4.98 Å². The number of nitrogens with zero attached hydrogens (tertiary/aromatic N) is 1. The van der Waals surface area contributed by atoms with Gasteiger partial charge in [0.25, 0.3) is 0 Å². The molecule has 1 N–H and O–H groups in total. The predicted octanol–water partition coefficient (Wildman–Crippen LogP) is 2.20. The third-order valence-corrected chi connectivity index (χ3v) is 2.43. The summed E-state index contributed by atoms with van der Waals surface area (Å²) in [5.74, 6) is 0. The van der Waals surface area contributed by atoms with Crippen LogP contribution in [0.25, 0.3) is 11.3 Å². The summed E-state index contributed by atoms with van der Waals surface area (Å²) in [6, 6.07) is 9.61. The zero-order valence-electron chi connectivity index (χ0n) is 7.20. The predicted molar refractivity (Wildman–Crippen MR) is 58.0 cm³/mol. The number of benzene rings is 1. The van der Waals surface area contributed by atoms with E-state index in [1.807, 2.05) is 30.3 Å². The van der Waals surface area contributed by atoms with E-state index in [0.29, 0.717) is 0 Å². The Balaban J connectivity index is 2.62. The maximum Gasteiger partial charge on any atom is 0.345 e. The van der Waals surface area contributed by atoms with Crippen molar-refractivity contribution in [3.63, 3.8) is 0 Å². The Bertz CT molecular complexity index is 493. The highest BCUT2D eigenvalue weighted by Gasteiger charge is 2.03. The average Bonchev–Trinajstić information content (AvgIpc) is 2.23. The third kappa shape index (κ3) is 1.75. The third-order valence-electron chi connectivity index (χ3n) is 1.83. The second-order valence-corrected chi connectivity index (χ2v) is 3.63. The van der Waals surface area contributed by atoms with Gasteiger partial charge in [0.15, 0.2) is 0 Å². The monoisotopic (exact) mass is 250 g/mol. The van der Waals surface area contributed by atoms with Gasteiger partial charge in [-0.2, -0.15) is 0 Å². The van der Waals surface area contributed by atoms with Gasteiger partial charge in [0, 0.05) is 6.20 Å². The van der Waals surface area contributed by atoms with E-state index < -0.39 is 0 Å². The first-order valence-electron chi connectivity index (χ1n) is 4.07. The largest absolute Gasteiger partial charge is 0.345 e. The number of rotatable bonds is 1. The molecule has 0 aliphatic rings. The van der Waals surface area contributed by atoms with Crippen LogP contribution in [0.2, 0.25) is 0 Å². The summed E-state index contributed by atoms with van der Waals surface area (Å²) in [7, 11) is 0. The summed E-state index contributed by atoms with van der Waals surface area (Å²) in [4.78, 5) is 17.3. The lowest BCUT2D eigenvalue weighted by Crippen LogP contribution is -2.10. The van der Waals surface area contributed by atoms with Gasteiger partial charge in [0.05, 0.1) is 10.2 Å². The van der Waals surface area contributed by atoms with E-state index in [0.717, 1.165) is 15.7 Å². The van der Waals surface area contributed by atoms with Gasteiger partial charge >= 0.3 is 5.69 Å². The average molecular weight is 251 g/mol. The van der Waals surface area contributed by atoms with Crippen LogP contribution >= 0.6 is 15.9 Å². The molecule has 0 aliphatic heterocycles. The number of halogens is 1. The molecule has 2 rings (SSSR count). The van der Waals surface area contributed by atoms with Crippen molar-refractivity contribution in [1.82, 2.24) is 9.97 Å². The molecule has 14 heavy (non-hydrogen) atoms. The maximum absolute atomic E-state index is 11.0. The van der Waals surface area contributed by atoms with Crippen molar-refractivity contribution in [3.05, 3.63) is 51.5 Å². The van der Waals surface area contributed by atoms with E-state index in [-0.39, 0.29) is 5.69 Å². The minimum absolute atomic E-state index is 0.341. The van der Waals surface area contributed by atoms with Crippen molar-refractivity contribution in [2.45, 2.75) is 0 Å².